The van der Waals surface area contributed by atoms with Crippen molar-refractivity contribution in [3.63, 3.8) is 0 Å². The van der Waals surface area contributed by atoms with Crippen molar-refractivity contribution in [1.29, 1.82) is 0 Å². The molecule has 1 heterocycles. The van der Waals surface area contributed by atoms with E-state index < -0.39 is 0 Å². The van der Waals surface area contributed by atoms with Gasteiger partial charge in [-0.15, -0.1) is 0 Å². The summed E-state index contributed by atoms with van der Waals surface area (Å²) in [6, 6.07) is 26.7. The Morgan fingerprint density at radius 1 is 0.969 bits per heavy atom. The maximum absolute atomic E-state index is 12.3. The van der Waals surface area contributed by atoms with Crippen LogP contribution in [0.1, 0.15) is 54.0 Å². The molecule has 4 aromatic rings. The quantitative estimate of drug-likeness (QED) is 0.271. The van der Waals surface area contributed by atoms with Crippen LogP contribution in [-0.2, 0) is 6.42 Å². The van der Waals surface area contributed by atoms with Crippen molar-refractivity contribution < 1.29 is 4.79 Å². The van der Waals surface area contributed by atoms with Crippen molar-refractivity contribution in [2.75, 3.05) is 6.54 Å². The van der Waals surface area contributed by atoms with Crippen LogP contribution in [0, 0.1) is 0 Å². The number of unbranched alkanes of at least 4 members (excludes halogenated alkanes) is 2. The van der Waals surface area contributed by atoms with Crippen LogP contribution in [0.5, 0.6) is 0 Å². The second-order valence-electron chi connectivity index (χ2n) is 8.05. The summed E-state index contributed by atoms with van der Waals surface area (Å²) in [5, 5.41) is 3.02. The molecule has 4 rings (SSSR count). The third-order valence-corrected chi connectivity index (χ3v) is 6.28. The van der Waals surface area contributed by atoms with E-state index in [0.29, 0.717) is 12.1 Å². The number of imidazole rings is 1. The summed E-state index contributed by atoms with van der Waals surface area (Å²) < 4.78 is 3.29. The van der Waals surface area contributed by atoms with Gasteiger partial charge in [0, 0.05) is 23.0 Å². The van der Waals surface area contributed by atoms with Crippen molar-refractivity contribution in [1.82, 2.24) is 14.9 Å². The molecule has 0 radical (unpaired) electrons. The Morgan fingerprint density at radius 3 is 2.56 bits per heavy atom. The first-order valence-electron chi connectivity index (χ1n) is 11.2. The van der Waals surface area contributed by atoms with Crippen LogP contribution in [0.25, 0.3) is 11.0 Å². The molecule has 1 aromatic heterocycles. The number of carbonyl (C=O) groups excluding carboxylic acids is 1. The number of nitrogens with one attached hydrogen (secondary N) is 1. The summed E-state index contributed by atoms with van der Waals surface area (Å²) in [5.41, 5.74) is 4.20. The SMILES string of the molecule is CC(c1ccccc1)n1c(CCCCCNC(=O)c2cccc(Br)c2)nc2ccccc21. The number of aryl methyl sites for hydroxylation is 1. The Morgan fingerprint density at radius 2 is 1.75 bits per heavy atom. The van der Waals surface area contributed by atoms with Crippen LogP contribution < -0.4 is 5.32 Å². The molecule has 32 heavy (non-hydrogen) atoms. The molecule has 1 unspecified atom stereocenters. The van der Waals surface area contributed by atoms with Crippen LogP contribution in [0.4, 0.5) is 0 Å². The second kappa shape index (κ2) is 10.6. The van der Waals surface area contributed by atoms with Gasteiger partial charge in [0.15, 0.2) is 0 Å². The highest BCUT2D eigenvalue weighted by Gasteiger charge is 2.16. The second-order valence-corrected chi connectivity index (χ2v) is 8.97. The lowest BCUT2D eigenvalue weighted by Crippen LogP contribution is -2.24. The molecule has 1 amide bonds. The minimum atomic E-state index is -0.0234. The van der Waals surface area contributed by atoms with E-state index in [2.05, 4.69) is 81.3 Å². The fourth-order valence-electron chi connectivity index (χ4n) is 4.10. The standard InChI is InChI=1S/C27H28BrN3O/c1-20(21-11-4-2-5-12-21)31-25-16-8-7-15-24(25)30-26(31)17-6-3-9-18-29-27(32)22-13-10-14-23(28)19-22/h2,4-5,7-8,10-16,19-20H,3,6,9,17-18H2,1H3,(H,29,32). The van der Waals surface area contributed by atoms with Gasteiger partial charge in [-0.2, -0.15) is 0 Å². The zero-order valence-corrected chi connectivity index (χ0v) is 19.9. The van der Waals surface area contributed by atoms with E-state index in [-0.39, 0.29) is 11.9 Å². The molecule has 0 saturated carbocycles. The van der Waals surface area contributed by atoms with E-state index in [4.69, 9.17) is 4.98 Å². The number of benzene rings is 3. The van der Waals surface area contributed by atoms with Gasteiger partial charge in [-0.05, 0) is 55.7 Å². The lowest BCUT2D eigenvalue weighted by Gasteiger charge is -2.18. The van der Waals surface area contributed by atoms with E-state index in [9.17, 15) is 4.79 Å². The van der Waals surface area contributed by atoms with Crippen molar-refractivity contribution in [3.05, 3.63) is 100 Å². The number of para-hydroxylation sites is 2. The average Bonchev–Trinajstić information content (AvgIpc) is 3.19. The number of halogens is 1. The first-order chi connectivity index (χ1) is 15.6. The summed E-state index contributed by atoms with van der Waals surface area (Å²) >= 11 is 3.41. The molecule has 0 spiro atoms. The zero-order valence-electron chi connectivity index (χ0n) is 18.3. The van der Waals surface area contributed by atoms with Gasteiger partial charge in [0.05, 0.1) is 17.1 Å². The molecule has 0 fully saturated rings. The molecule has 0 bridgehead atoms. The highest BCUT2D eigenvalue weighted by molar-refractivity contribution is 9.10. The Hall–Kier alpha value is -2.92. The molecule has 0 saturated heterocycles. The van der Waals surface area contributed by atoms with Crippen LogP contribution >= 0.6 is 15.9 Å². The monoisotopic (exact) mass is 489 g/mol. The lowest BCUT2D eigenvalue weighted by molar-refractivity contribution is 0.0953. The molecule has 0 aliphatic rings. The van der Waals surface area contributed by atoms with Crippen LogP contribution in [0.2, 0.25) is 0 Å². The minimum absolute atomic E-state index is 0.0234. The summed E-state index contributed by atoms with van der Waals surface area (Å²) in [7, 11) is 0. The van der Waals surface area contributed by atoms with Gasteiger partial charge in [-0.25, -0.2) is 4.98 Å². The number of hydrogen-bond donors (Lipinski definition) is 1. The smallest absolute Gasteiger partial charge is 0.251 e. The van der Waals surface area contributed by atoms with E-state index in [0.717, 1.165) is 41.5 Å². The maximum atomic E-state index is 12.3. The molecule has 3 aromatic carbocycles. The molecular weight excluding hydrogens is 462 g/mol. The summed E-state index contributed by atoms with van der Waals surface area (Å²) in [6.07, 6.45) is 3.96. The van der Waals surface area contributed by atoms with Crippen LogP contribution in [-0.4, -0.2) is 22.0 Å². The van der Waals surface area contributed by atoms with Crippen LogP contribution in [0.15, 0.2) is 83.3 Å². The molecule has 0 aliphatic heterocycles. The Kier molecular flexibility index (Phi) is 7.38. The van der Waals surface area contributed by atoms with Gasteiger partial charge < -0.3 is 9.88 Å². The molecule has 5 heteroatoms. The number of hydrogen-bond acceptors (Lipinski definition) is 2. The zero-order chi connectivity index (χ0) is 22.3. The third kappa shape index (κ3) is 5.28. The van der Waals surface area contributed by atoms with Crippen molar-refractivity contribution in [3.8, 4) is 0 Å². The lowest BCUT2D eigenvalue weighted by atomic mass is 10.1. The summed E-state index contributed by atoms with van der Waals surface area (Å²) in [6.45, 7) is 2.92. The first kappa shape index (κ1) is 22.3. The fraction of sp³-hybridized carbons (Fsp3) is 0.259. The highest BCUT2D eigenvalue weighted by atomic mass is 79.9. The number of carbonyl (C=O) groups is 1. The van der Waals surface area contributed by atoms with E-state index in [1.54, 1.807) is 0 Å². The molecule has 0 aliphatic carbocycles. The normalized spacial score (nSPS) is 12.1. The average molecular weight is 490 g/mol. The van der Waals surface area contributed by atoms with E-state index in [1.807, 2.05) is 30.3 Å². The Labute approximate surface area is 197 Å². The van der Waals surface area contributed by atoms with Gasteiger partial charge in [-0.3, -0.25) is 4.79 Å². The largest absolute Gasteiger partial charge is 0.352 e. The molecule has 4 nitrogen and oxygen atoms in total. The van der Waals surface area contributed by atoms with Gasteiger partial charge in [0.1, 0.15) is 5.82 Å². The minimum Gasteiger partial charge on any atom is -0.352 e. The van der Waals surface area contributed by atoms with Crippen molar-refractivity contribution >= 4 is 32.9 Å². The number of nitrogens with zero attached hydrogens (tertiary/aromatic N) is 2. The molecule has 164 valence electrons. The molecule has 1 atom stereocenters. The summed E-state index contributed by atoms with van der Waals surface area (Å²) in [4.78, 5) is 17.2. The van der Waals surface area contributed by atoms with E-state index >= 15 is 0 Å². The highest BCUT2D eigenvalue weighted by Crippen LogP contribution is 2.27. The number of fused-ring (bicyclic) bond motifs is 1. The van der Waals surface area contributed by atoms with Crippen LogP contribution in [0.3, 0.4) is 0 Å². The molecular formula is C27H28BrN3O. The van der Waals surface area contributed by atoms with Gasteiger partial charge in [0.25, 0.3) is 5.91 Å². The van der Waals surface area contributed by atoms with Crippen molar-refractivity contribution in [2.45, 2.75) is 38.6 Å². The van der Waals surface area contributed by atoms with Gasteiger partial charge in [0.2, 0.25) is 0 Å². The molecule has 1 N–H and O–H groups in total. The third-order valence-electron chi connectivity index (χ3n) is 5.79. The number of aromatic nitrogens is 2. The first-order valence-corrected chi connectivity index (χ1v) is 12.0. The number of rotatable bonds is 9. The van der Waals surface area contributed by atoms with Gasteiger partial charge >= 0.3 is 0 Å². The summed E-state index contributed by atoms with van der Waals surface area (Å²) in [5.74, 6) is 1.10. The topological polar surface area (TPSA) is 46.9 Å². The van der Waals surface area contributed by atoms with Crippen molar-refractivity contribution in [2.24, 2.45) is 0 Å². The number of amides is 1. The Balaban J connectivity index is 1.35. The van der Waals surface area contributed by atoms with Gasteiger partial charge in [-0.1, -0.05) is 70.9 Å². The Bertz CT molecular complexity index is 1190. The predicted molar refractivity (Wildman–Crippen MR) is 134 cm³/mol. The fourth-order valence-corrected chi connectivity index (χ4v) is 4.50. The maximum Gasteiger partial charge on any atom is 0.251 e. The predicted octanol–water partition coefficient (Wildman–Crippen LogP) is 6.55. The van der Waals surface area contributed by atoms with E-state index in [1.165, 1.54) is 11.1 Å².